The molecule has 0 saturated heterocycles. The van der Waals surface area contributed by atoms with Crippen LogP contribution in [0.1, 0.15) is 47.9 Å². The van der Waals surface area contributed by atoms with Gasteiger partial charge in [0, 0.05) is 5.56 Å². The average molecular weight is 446 g/mol. The highest BCUT2D eigenvalue weighted by Crippen LogP contribution is 2.29. The van der Waals surface area contributed by atoms with Crippen LogP contribution in [0.5, 0.6) is 5.75 Å². The maximum Gasteiger partial charge on any atom is 0.523 e. The Kier molecular flexibility index (Phi) is 7.30. The van der Waals surface area contributed by atoms with Crippen LogP contribution in [0.25, 0.3) is 11.1 Å². The fraction of sp³-hybridized carbons (Fsp3) is 0.240. The molecule has 3 nitrogen and oxygen atoms in total. The lowest BCUT2D eigenvalue weighted by molar-refractivity contribution is -0.342. The molecule has 32 heavy (non-hydrogen) atoms. The molecule has 0 N–H and O–H groups in total. The summed E-state index contributed by atoms with van der Waals surface area (Å²) in [6.45, 7) is 3.30. The zero-order valence-corrected chi connectivity index (χ0v) is 17.6. The van der Waals surface area contributed by atoms with Gasteiger partial charge in [-0.3, -0.25) is 4.74 Å². The van der Waals surface area contributed by atoms with Crippen molar-refractivity contribution in [1.82, 2.24) is 0 Å². The zero-order valence-electron chi connectivity index (χ0n) is 17.6. The summed E-state index contributed by atoms with van der Waals surface area (Å²) in [4.78, 5) is 12.4. The third kappa shape index (κ3) is 6.17. The predicted molar refractivity (Wildman–Crippen MR) is 113 cm³/mol. The van der Waals surface area contributed by atoms with Crippen LogP contribution in [0, 0.1) is 5.82 Å². The predicted octanol–water partition coefficient (Wildman–Crippen LogP) is 7.26. The lowest BCUT2D eigenvalue weighted by Gasteiger charge is -2.15. The topological polar surface area (TPSA) is 35.5 Å². The summed E-state index contributed by atoms with van der Waals surface area (Å²) >= 11 is 0. The van der Waals surface area contributed by atoms with Crippen molar-refractivity contribution in [2.24, 2.45) is 0 Å². The lowest BCUT2D eigenvalue weighted by atomic mass is 10.0. The molecule has 3 aromatic carbocycles. The molecule has 1 atom stereocenters. The summed E-state index contributed by atoms with van der Waals surface area (Å²) in [5, 5.41) is 0. The Bertz CT molecular complexity index is 1060. The van der Waals surface area contributed by atoms with Crippen LogP contribution in [0.3, 0.4) is 0 Å². The summed E-state index contributed by atoms with van der Waals surface area (Å²) in [7, 11) is 0. The smallest absolute Gasteiger partial charge is 0.423 e. The van der Waals surface area contributed by atoms with E-state index in [0.717, 1.165) is 18.4 Å². The van der Waals surface area contributed by atoms with Gasteiger partial charge in [-0.05, 0) is 60.4 Å². The van der Waals surface area contributed by atoms with Gasteiger partial charge in [-0.25, -0.2) is 9.18 Å². The second kappa shape index (κ2) is 9.96. The lowest BCUT2D eigenvalue weighted by Crippen LogP contribution is -2.16. The van der Waals surface area contributed by atoms with E-state index in [1.807, 2.05) is 13.0 Å². The molecule has 0 fully saturated rings. The summed E-state index contributed by atoms with van der Waals surface area (Å²) in [5.41, 5.74) is 2.55. The number of rotatable bonds is 7. The van der Waals surface area contributed by atoms with Crippen LogP contribution in [0.15, 0.2) is 66.7 Å². The molecule has 0 spiro atoms. The van der Waals surface area contributed by atoms with E-state index in [-0.39, 0.29) is 17.1 Å². The fourth-order valence-electron chi connectivity index (χ4n) is 3.26. The van der Waals surface area contributed by atoms with Gasteiger partial charge in [-0.15, -0.1) is 13.2 Å². The van der Waals surface area contributed by atoms with Gasteiger partial charge in [0.1, 0.15) is 11.6 Å². The molecule has 7 heteroatoms. The Morgan fingerprint density at radius 1 is 0.969 bits per heavy atom. The molecule has 0 radical (unpaired) electrons. The van der Waals surface area contributed by atoms with Crippen LogP contribution in [0.4, 0.5) is 17.6 Å². The van der Waals surface area contributed by atoms with Crippen molar-refractivity contribution in [2.45, 2.75) is 39.2 Å². The van der Waals surface area contributed by atoms with E-state index in [1.54, 1.807) is 18.2 Å². The van der Waals surface area contributed by atoms with E-state index in [4.69, 9.17) is 4.74 Å². The van der Waals surface area contributed by atoms with Crippen LogP contribution >= 0.6 is 0 Å². The van der Waals surface area contributed by atoms with Gasteiger partial charge >= 0.3 is 12.3 Å². The van der Waals surface area contributed by atoms with Gasteiger partial charge in [-0.1, -0.05) is 49.7 Å². The minimum Gasteiger partial charge on any atom is -0.423 e. The Balaban J connectivity index is 1.66. The number of carbonyl (C=O) groups excluding carboxylic acids is 1. The van der Waals surface area contributed by atoms with Gasteiger partial charge in [0.15, 0.2) is 0 Å². The maximum atomic E-state index is 14.4. The standard InChI is InChI=1S/C25H22F4O3/c1-3-4-17-5-14-22(23(26)15-17)19-6-8-20(9-7-19)24(30)31-21-12-10-18(11-13-21)16(2)32-25(27,28)29/h5-16H,3-4H2,1-2H3. The number of hydrogen-bond acceptors (Lipinski definition) is 3. The van der Waals surface area contributed by atoms with Crippen LogP contribution < -0.4 is 4.74 Å². The van der Waals surface area contributed by atoms with E-state index in [2.05, 4.69) is 4.74 Å². The molecule has 0 aliphatic carbocycles. The average Bonchev–Trinajstić information content (AvgIpc) is 2.73. The molecule has 0 heterocycles. The van der Waals surface area contributed by atoms with Crippen molar-refractivity contribution in [1.29, 1.82) is 0 Å². The zero-order chi connectivity index (χ0) is 23.3. The number of hydrogen-bond donors (Lipinski definition) is 0. The first kappa shape index (κ1) is 23.5. The molecule has 0 amide bonds. The number of alkyl halides is 3. The number of halogens is 4. The van der Waals surface area contributed by atoms with Crippen molar-refractivity contribution in [3.05, 3.63) is 89.2 Å². The third-order valence-electron chi connectivity index (χ3n) is 4.87. The molecule has 3 rings (SSSR count). The largest absolute Gasteiger partial charge is 0.523 e. The van der Waals surface area contributed by atoms with Gasteiger partial charge < -0.3 is 4.74 Å². The van der Waals surface area contributed by atoms with E-state index in [0.29, 0.717) is 16.7 Å². The Hall–Kier alpha value is -3.19. The highest BCUT2D eigenvalue weighted by Gasteiger charge is 2.32. The van der Waals surface area contributed by atoms with E-state index >= 15 is 0 Å². The van der Waals surface area contributed by atoms with Crippen LogP contribution in [-0.4, -0.2) is 12.3 Å². The van der Waals surface area contributed by atoms with E-state index in [1.165, 1.54) is 49.4 Å². The monoisotopic (exact) mass is 446 g/mol. The molecule has 0 saturated carbocycles. The van der Waals surface area contributed by atoms with Gasteiger partial charge in [0.2, 0.25) is 0 Å². The summed E-state index contributed by atoms with van der Waals surface area (Å²) in [5.74, 6) is -0.780. The second-order valence-electron chi connectivity index (χ2n) is 7.31. The molecular formula is C25H22F4O3. The molecule has 0 aromatic heterocycles. The molecule has 0 aliphatic rings. The van der Waals surface area contributed by atoms with Crippen molar-refractivity contribution >= 4 is 5.97 Å². The molecule has 0 bridgehead atoms. The van der Waals surface area contributed by atoms with Crippen molar-refractivity contribution < 1.29 is 31.8 Å². The van der Waals surface area contributed by atoms with Crippen molar-refractivity contribution in [3.8, 4) is 16.9 Å². The van der Waals surface area contributed by atoms with Gasteiger partial charge in [0.25, 0.3) is 0 Å². The summed E-state index contributed by atoms with van der Waals surface area (Å²) in [6, 6.07) is 17.0. The van der Waals surface area contributed by atoms with Gasteiger partial charge in [0.05, 0.1) is 11.7 Å². The molecule has 168 valence electrons. The number of carbonyl (C=O) groups is 1. The first-order chi connectivity index (χ1) is 15.2. The Morgan fingerprint density at radius 3 is 2.19 bits per heavy atom. The Labute approximate surface area is 183 Å². The minimum atomic E-state index is -4.74. The molecular weight excluding hydrogens is 424 g/mol. The quantitative estimate of drug-likeness (QED) is 0.218. The van der Waals surface area contributed by atoms with Crippen molar-refractivity contribution in [2.75, 3.05) is 0 Å². The van der Waals surface area contributed by atoms with Crippen LogP contribution in [-0.2, 0) is 11.2 Å². The minimum absolute atomic E-state index is 0.180. The van der Waals surface area contributed by atoms with E-state index in [9.17, 15) is 22.4 Å². The number of esters is 1. The third-order valence-corrected chi connectivity index (χ3v) is 4.87. The fourth-order valence-corrected chi connectivity index (χ4v) is 3.26. The summed E-state index contributed by atoms with van der Waals surface area (Å²) < 4.78 is 60.6. The van der Waals surface area contributed by atoms with Crippen LogP contribution in [0.2, 0.25) is 0 Å². The first-order valence-corrected chi connectivity index (χ1v) is 10.1. The normalized spacial score (nSPS) is 12.4. The van der Waals surface area contributed by atoms with Crippen molar-refractivity contribution in [3.63, 3.8) is 0 Å². The maximum absolute atomic E-state index is 14.4. The Morgan fingerprint density at radius 2 is 1.62 bits per heavy atom. The number of benzene rings is 3. The summed E-state index contributed by atoms with van der Waals surface area (Å²) in [6.07, 6.45) is -4.20. The van der Waals surface area contributed by atoms with E-state index < -0.39 is 18.4 Å². The molecule has 0 aliphatic heterocycles. The highest BCUT2D eigenvalue weighted by molar-refractivity contribution is 5.91. The van der Waals surface area contributed by atoms with Gasteiger partial charge in [-0.2, -0.15) is 0 Å². The SMILES string of the molecule is CCCc1ccc(-c2ccc(C(=O)Oc3ccc(C(C)OC(F)(F)F)cc3)cc2)c(F)c1. The molecule has 3 aromatic rings. The number of aryl methyl sites for hydroxylation is 1. The highest BCUT2D eigenvalue weighted by atomic mass is 19.4. The molecule has 1 unspecified atom stereocenters. The number of ether oxygens (including phenoxy) is 2. The first-order valence-electron chi connectivity index (χ1n) is 10.1. The second-order valence-corrected chi connectivity index (χ2v) is 7.31.